The van der Waals surface area contributed by atoms with Gasteiger partial charge >= 0.3 is 0 Å². The zero-order chi connectivity index (χ0) is 15.9. The Morgan fingerprint density at radius 2 is 0.769 bits per heavy atom. The summed E-state index contributed by atoms with van der Waals surface area (Å²) in [6, 6.07) is 16.4. The molecule has 3 aromatic rings. The van der Waals surface area contributed by atoms with Crippen LogP contribution in [0.4, 0.5) is 0 Å². The Balaban J connectivity index is 0.000000980. The summed E-state index contributed by atoms with van der Waals surface area (Å²) in [5.74, 6) is 0. The maximum absolute atomic E-state index is 4.63. The Labute approximate surface area is 160 Å². The van der Waals surface area contributed by atoms with Gasteiger partial charge in [0.15, 0.2) is 0 Å². The third-order valence-electron chi connectivity index (χ3n) is 4.04. The first kappa shape index (κ1) is 17.9. The largest absolute Gasteiger partial charge is 0.412 e. The summed E-state index contributed by atoms with van der Waals surface area (Å²) in [6.45, 7) is 0. The second-order valence-electron chi connectivity index (χ2n) is 5.91. The number of hydrogen-bond donors (Lipinski definition) is 2. The van der Waals surface area contributed by atoms with Crippen LogP contribution in [-0.4, -0.2) is 25.4 Å². The van der Waals surface area contributed by atoms with Crippen molar-refractivity contribution < 1.29 is 22.5 Å². The summed E-state index contributed by atoms with van der Waals surface area (Å²) in [6.07, 6.45) is 8.09. The number of nitrogens with zero attached hydrogens (tertiary/aromatic N) is 2. The molecule has 0 saturated heterocycles. The van der Waals surface area contributed by atoms with E-state index in [1.54, 1.807) is 0 Å². The first-order valence-electron chi connectivity index (χ1n) is 7.85. The number of fused-ring (bicyclic) bond motifs is 8. The SMILES string of the molecule is C1=Cc2cc3ccc(cc4nc(cc5ccc(cc1n2)[nH]5)C=C4)[nH]3.O.[Fe]. The van der Waals surface area contributed by atoms with Crippen LogP contribution in [0, 0.1) is 0 Å². The third kappa shape index (κ3) is 3.53. The molecule has 26 heavy (non-hydrogen) atoms. The fourth-order valence-electron chi connectivity index (χ4n) is 2.94. The molecule has 0 amide bonds. The van der Waals surface area contributed by atoms with Crippen LogP contribution in [0.5, 0.6) is 0 Å². The molecule has 2 aliphatic heterocycles. The molecule has 0 unspecified atom stereocenters. The van der Waals surface area contributed by atoms with Gasteiger partial charge in [0.1, 0.15) is 0 Å². The van der Waals surface area contributed by atoms with Gasteiger partial charge in [0.25, 0.3) is 0 Å². The molecular weight excluding hydrogens is 368 g/mol. The number of aromatic amines is 2. The van der Waals surface area contributed by atoms with E-state index in [9.17, 15) is 0 Å². The van der Waals surface area contributed by atoms with Crippen LogP contribution >= 0.6 is 0 Å². The third-order valence-corrected chi connectivity index (χ3v) is 4.04. The second-order valence-corrected chi connectivity index (χ2v) is 5.91. The molecule has 0 aromatic carbocycles. The standard InChI is InChI=1S/C20H14N4.Fe.H2O/c1-2-14-10-16-5-6-18(23-16)12-20-8-7-19(24-20)11-17-4-3-15(22-17)9-13(1)21-14;;/h1-12,21,24H;;1H2. The molecule has 4 N–H and O–H groups in total. The van der Waals surface area contributed by atoms with E-state index >= 15 is 0 Å². The normalized spacial score (nSPS) is 11.7. The minimum absolute atomic E-state index is 0. The summed E-state index contributed by atoms with van der Waals surface area (Å²) in [5, 5.41) is 0. The zero-order valence-electron chi connectivity index (χ0n) is 13.7. The number of aromatic nitrogens is 4. The molecule has 8 bridgehead atoms. The number of rotatable bonds is 0. The number of H-pyrrole nitrogens is 2. The maximum Gasteiger partial charge on any atom is 0.0658 e. The van der Waals surface area contributed by atoms with E-state index in [2.05, 4.69) is 44.2 Å². The fourth-order valence-corrected chi connectivity index (χ4v) is 2.94. The average Bonchev–Trinajstić information content (AvgIpc) is 3.32. The first-order valence-corrected chi connectivity index (χ1v) is 7.85. The molecule has 0 fully saturated rings. The van der Waals surface area contributed by atoms with E-state index < -0.39 is 0 Å². The van der Waals surface area contributed by atoms with Crippen LogP contribution < -0.4 is 0 Å². The van der Waals surface area contributed by atoms with Gasteiger partial charge in [0.05, 0.1) is 22.8 Å². The Hall–Kier alpha value is -2.92. The van der Waals surface area contributed by atoms with Crippen LogP contribution in [-0.2, 0) is 17.1 Å². The van der Waals surface area contributed by atoms with Gasteiger partial charge in [-0.25, -0.2) is 9.97 Å². The van der Waals surface area contributed by atoms with Crippen molar-refractivity contribution in [1.29, 1.82) is 0 Å². The van der Waals surface area contributed by atoms with Crippen molar-refractivity contribution in [3.8, 4) is 0 Å². The zero-order valence-corrected chi connectivity index (χ0v) is 14.8. The van der Waals surface area contributed by atoms with Gasteiger partial charge < -0.3 is 15.4 Å². The Bertz CT molecular complexity index is 996. The van der Waals surface area contributed by atoms with E-state index in [1.807, 2.05) is 48.6 Å². The van der Waals surface area contributed by atoms with Crippen LogP contribution in [0.2, 0.25) is 0 Å². The van der Waals surface area contributed by atoms with Gasteiger partial charge in [-0.15, -0.1) is 0 Å². The van der Waals surface area contributed by atoms with Crippen LogP contribution in [0.25, 0.3) is 46.4 Å². The van der Waals surface area contributed by atoms with Crippen molar-refractivity contribution in [3.05, 3.63) is 71.3 Å². The molecule has 3 aromatic heterocycles. The van der Waals surface area contributed by atoms with E-state index in [0.29, 0.717) is 0 Å². The van der Waals surface area contributed by atoms with Gasteiger partial charge in [-0.05, 0) is 72.8 Å². The van der Waals surface area contributed by atoms with Crippen molar-refractivity contribution in [1.82, 2.24) is 19.9 Å². The molecule has 5 rings (SSSR count). The fraction of sp³-hybridized carbons (Fsp3) is 0. The first-order chi connectivity index (χ1) is 11.8. The van der Waals surface area contributed by atoms with Crippen LogP contribution in [0.3, 0.4) is 0 Å². The summed E-state index contributed by atoms with van der Waals surface area (Å²) in [7, 11) is 0. The van der Waals surface area contributed by atoms with Crippen molar-refractivity contribution in [2.24, 2.45) is 0 Å². The van der Waals surface area contributed by atoms with Gasteiger partial charge in [0.2, 0.25) is 0 Å². The Morgan fingerprint density at radius 1 is 0.500 bits per heavy atom. The van der Waals surface area contributed by atoms with Crippen molar-refractivity contribution in [3.63, 3.8) is 0 Å². The average molecular weight is 384 g/mol. The molecule has 0 radical (unpaired) electrons. The molecule has 0 spiro atoms. The molecular formula is C20H16FeN4O. The summed E-state index contributed by atoms with van der Waals surface area (Å²) in [4.78, 5) is 16.0. The summed E-state index contributed by atoms with van der Waals surface area (Å²) in [5.41, 5.74) is 7.86. The summed E-state index contributed by atoms with van der Waals surface area (Å²) < 4.78 is 0. The summed E-state index contributed by atoms with van der Waals surface area (Å²) >= 11 is 0. The van der Waals surface area contributed by atoms with E-state index in [0.717, 1.165) is 44.8 Å². The predicted octanol–water partition coefficient (Wildman–Crippen LogP) is 3.83. The second kappa shape index (κ2) is 7.14. The molecule has 0 atom stereocenters. The number of nitrogens with one attached hydrogen (secondary N) is 2. The molecule has 6 heteroatoms. The van der Waals surface area contributed by atoms with Gasteiger partial charge in [0, 0.05) is 39.1 Å². The Morgan fingerprint density at radius 3 is 1.04 bits per heavy atom. The van der Waals surface area contributed by atoms with E-state index in [1.165, 1.54) is 0 Å². The van der Waals surface area contributed by atoms with Crippen LogP contribution in [0.1, 0.15) is 22.8 Å². The molecule has 130 valence electrons. The molecule has 2 aliphatic rings. The predicted molar refractivity (Wildman–Crippen MR) is 102 cm³/mol. The Kier molecular flexibility index (Phi) is 4.91. The van der Waals surface area contributed by atoms with E-state index in [-0.39, 0.29) is 22.5 Å². The van der Waals surface area contributed by atoms with Crippen molar-refractivity contribution in [2.45, 2.75) is 0 Å². The van der Waals surface area contributed by atoms with Crippen LogP contribution in [0.15, 0.2) is 48.5 Å². The van der Waals surface area contributed by atoms with Gasteiger partial charge in [-0.1, -0.05) is 0 Å². The minimum Gasteiger partial charge on any atom is -0.412 e. The van der Waals surface area contributed by atoms with E-state index in [4.69, 9.17) is 0 Å². The molecule has 5 heterocycles. The smallest absolute Gasteiger partial charge is 0.0658 e. The van der Waals surface area contributed by atoms with Crippen molar-refractivity contribution >= 4 is 46.4 Å². The molecule has 0 aliphatic carbocycles. The van der Waals surface area contributed by atoms with Gasteiger partial charge in [-0.2, -0.15) is 0 Å². The molecule has 5 nitrogen and oxygen atoms in total. The van der Waals surface area contributed by atoms with Crippen molar-refractivity contribution in [2.75, 3.05) is 0 Å². The monoisotopic (exact) mass is 384 g/mol. The quantitative estimate of drug-likeness (QED) is 0.398. The topological polar surface area (TPSA) is 88.9 Å². The van der Waals surface area contributed by atoms with Gasteiger partial charge in [-0.3, -0.25) is 0 Å². The minimum atomic E-state index is 0. The maximum atomic E-state index is 4.63. The number of hydrogen-bond acceptors (Lipinski definition) is 2. The molecule has 0 saturated carbocycles.